The molecule has 0 aliphatic rings. The highest BCUT2D eigenvalue weighted by molar-refractivity contribution is 6.30. The number of imidazole rings is 1. The smallest absolute Gasteiger partial charge is 0.132 e. The van der Waals surface area contributed by atoms with E-state index in [1.54, 1.807) is 6.20 Å². The highest BCUT2D eigenvalue weighted by Crippen LogP contribution is 2.16. The molecule has 5 heteroatoms. The van der Waals surface area contributed by atoms with Crippen molar-refractivity contribution in [1.82, 2.24) is 14.5 Å². The van der Waals surface area contributed by atoms with Crippen molar-refractivity contribution < 1.29 is 0 Å². The molecule has 2 rings (SSSR count). The van der Waals surface area contributed by atoms with Gasteiger partial charge in [-0.15, -0.1) is 0 Å². The van der Waals surface area contributed by atoms with E-state index in [9.17, 15) is 0 Å². The molecule has 2 aromatic rings. The molecular formula is C12H15ClN4. The molecule has 90 valence electrons. The van der Waals surface area contributed by atoms with Gasteiger partial charge in [0.05, 0.1) is 30.5 Å². The maximum Gasteiger partial charge on any atom is 0.132 e. The Morgan fingerprint density at radius 3 is 2.94 bits per heavy atom. The van der Waals surface area contributed by atoms with Crippen LogP contribution in [-0.2, 0) is 13.1 Å². The summed E-state index contributed by atoms with van der Waals surface area (Å²) in [6, 6.07) is 1.99. The Balaban J connectivity index is 2.05. The molecule has 0 aromatic carbocycles. The van der Waals surface area contributed by atoms with Gasteiger partial charge in [-0.3, -0.25) is 0 Å². The fourth-order valence-corrected chi connectivity index (χ4v) is 1.73. The van der Waals surface area contributed by atoms with Gasteiger partial charge in [0.2, 0.25) is 0 Å². The summed E-state index contributed by atoms with van der Waals surface area (Å²) in [5, 5.41) is 3.86. The van der Waals surface area contributed by atoms with E-state index in [0.29, 0.717) is 5.15 Å². The molecule has 0 fully saturated rings. The van der Waals surface area contributed by atoms with E-state index in [-0.39, 0.29) is 0 Å². The zero-order chi connectivity index (χ0) is 12.3. The quantitative estimate of drug-likeness (QED) is 0.849. The zero-order valence-electron chi connectivity index (χ0n) is 9.94. The highest BCUT2D eigenvalue weighted by Gasteiger charge is 2.02. The number of anilines is 1. The third-order valence-electron chi connectivity index (χ3n) is 2.63. The average molecular weight is 251 g/mol. The predicted octanol–water partition coefficient (Wildman–Crippen LogP) is 2.87. The first-order valence-electron chi connectivity index (χ1n) is 5.55. The molecule has 2 aromatic heterocycles. The fourth-order valence-electron chi connectivity index (χ4n) is 1.63. The predicted molar refractivity (Wildman–Crippen MR) is 69.2 cm³/mol. The van der Waals surface area contributed by atoms with Gasteiger partial charge in [-0.25, -0.2) is 9.97 Å². The van der Waals surface area contributed by atoms with Crippen LogP contribution in [0.1, 0.15) is 18.2 Å². The number of rotatable bonds is 4. The van der Waals surface area contributed by atoms with Gasteiger partial charge in [0, 0.05) is 12.7 Å². The number of halogens is 1. The van der Waals surface area contributed by atoms with Gasteiger partial charge in [0.1, 0.15) is 5.15 Å². The third-order valence-corrected chi connectivity index (χ3v) is 3.02. The third kappa shape index (κ3) is 2.77. The van der Waals surface area contributed by atoms with Crippen molar-refractivity contribution in [2.75, 3.05) is 5.32 Å². The van der Waals surface area contributed by atoms with Crippen LogP contribution in [-0.4, -0.2) is 14.5 Å². The lowest BCUT2D eigenvalue weighted by atomic mass is 10.3. The normalized spacial score (nSPS) is 10.5. The first kappa shape index (κ1) is 11.9. The van der Waals surface area contributed by atoms with Crippen LogP contribution in [0, 0.1) is 6.92 Å². The minimum Gasteiger partial charge on any atom is -0.378 e. The van der Waals surface area contributed by atoms with Crippen molar-refractivity contribution in [3.05, 3.63) is 41.2 Å². The zero-order valence-corrected chi connectivity index (χ0v) is 10.7. The Kier molecular flexibility index (Phi) is 3.64. The van der Waals surface area contributed by atoms with Crippen LogP contribution in [0.15, 0.2) is 24.8 Å². The number of hydrogen-bond acceptors (Lipinski definition) is 3. The van der Waals surface area contributed by atoms with E-state index < -0.39 is 0 Å². The summed E-state index contributed by atoms with van der Waals surface area (Å²) in [6.45, 7) is 5.70. The fraction of sp³-hybridized carbons (Fsp3) is 0.333. The van der Waals surface area contributed by atoms with Gasteiger partial charge in [0.15, 0.2) is 0 Å². The van der Waals surface area contributed by atoms with Crippen LogP contribution in [0.25, 0.3) is 0 Å². The van der Waals surface area contributed by atoms with E-state index in [1.165, 1.54) is 0 Å². The Morgan fingerprint density at radius 1 is 1.41 bits per heavy atom. The van der Waals surface area contributed by atoms with Crippen LogP contribution in [0.5, 0.6) is 0 Å². The van der Waals surface area contributed by atoms with E-state index in [2.05, 4.69) is 26.8 Å². The molecule has 0 aliphatic heterocycles. The molecule has 0 atom stereocenters. The molecule has 0 bridgehead atoms. The van der Waals surface area contributed by atoms with Gasteiger partial charge in [-0.05, 0) is 25.5 Å². The Hall–Kier alpha value is -1.55. The van der Waals surface area contributed by atoms with Crippen LogP contribution in [0.2, 0.25) is 5.15 Å². The lowest BCUT2D eigenvalue weighted by molar-refractivity contribution is 0.719. The maximum absolute atomic E-state index is 5.88. The monoisotopic (exact) mass is 250 g/mol. The van der Waals surface area contributed by atoms with Gasteiger partial charge < -0.3 is 9.88 Å². The first-order chi connectivity index (χ1) is 8.20. The van der Waals surface area contributed by atoms with E-state index in [4.69, 9.17) is 11.6 Å². The summed E-state index contributed by atoms with van der Waals surface area (Å²) in [4.78, 5) is 8.22. The molecule has 2 heterocycles. The summed E-state index contributed by atoms with van der Waals surface area (Å²) in [6.07, 6.45) is 5.44. The molecular weight excluding hydrogens is 236 g/mol. The Morgan fingerprint density at radius 2 is 2.24 bits per heavy atom. The summed E-state index contributed by atoms with van der Waals surface area (Å²) < 4.78 is 2.10. The second-order valence-electron chi connectivity index (χ2n) is 3.86. The van der Waals surface area contributed by atoms with Crippen molar-refractivity contribution in [3.63, 3.8) is 0 Å². The van der Waals surface area contributed by atoms with Crippen molar-refractivity contribution in [1.29, 1.82) is 0 Å². The van der Waals surface area contributed by atoms with E-state index in [1.807, 2.05) is 25.5 Å². The number of aromatic nitrogens is 3. The van der Waals surface area contributed by atoms with E-state index >= 15 is 0 Å². The standard InChI is InChI=1S/C12H15ClN4/c1-3-17-8-14-6-11(17)7-15-10-4-9(2)12(13)16-5-10/h4-6,8,15H,3,7H2,1-2H3. The number of nitrogens with one attached hydrogen (secondary N) is 1. The Labute approximate surface area is 106 Å². The second kappa shape index (κ2) is 5.19. The largest absolute Gasteiger partial charge is 0.378 e. The minimum atomic E-state index is 0.550. The molecule has 1 N–H and O–H groups in total. The molecule has 0 saturated heterocycles. The topological polar surface area (TPSA) is 42.7 Å². The molecule has 0 unspecified atom stereocenters. The minimum absolute atomic E-state index is 0.550. The van der Waals surface area contributed by atoms with Crippen molar-refractivity contribution in [2.24, 2.45) is 0 Å². The summed E-state index contributed by atoms with van der Waals surface area (Å²) in [5.74, 6) is 0. The SMILES string of the molecule is CCn1cncc1CNc1cnc(Cl)c(C)c1. The number of aryl methyl sites for hydroxylation is 2. The summed E-state index contributed by atoms with van der Waals surface area (Å²) in [7, 11) is 0. The van der Waals surface area contributed by atoms with Gasteiger partial charge in [-0.2, -0.15) is 0 Å². The first-order valence-corrected chi connectivity index (χ1v) is 5.93. The number of pyridine rings is 1. The molecule has 0 amide bonds. The second-order valence-corrected chi connectivity index (χ2v) is 4.21. The van der Waals surface area contributed by atoms with E-state index in [0.717, 1.165) is 30.0 Å². The summed E-state index contributed by atoms with van der Waals surface area (Å²) >= 11 is 5.88. The summed E-state index contributed by atoms with van der Waals surface area (Å²) in [5.41, 5.74) is 3.09. The van der Waals surface area contributed by atoms with Crippen molar-refractivity contribution in [2.45, 2.75) is 26.9 Å². The molecule has 0 radical (unpaired) electrons. The molecule has 4 nitrogen and oxygen atoms in total. The van der Waals surface area contributed by atoms with Gasteiger partial charge in [0.25, 0.3) is 0 Å². The van der Waals surface area contributed by atoms with Crippen LogP contribution < -0.4 is 5.32 Å². The van der Waals surface area contributed by atoms with Gasteiger partial charge in [-0.1, -0.05) is 11.6 Å². The van der Waals surface area contributed by atoms with Crippen LogP contribution >= 0.6 is 11.6 Å². The average Bonchev–Trinajstić information content (AvgIpc) is 2.78. The molecule has 0 spiro atoms. The van der Waals surface area contributed by atoms with Crippen LogP contribution in [0.4, 0.5) is 5.69 Å². The Bertz CT molecular complexity index is 507. The lowest BCUT2D eigenvalue weighted by Gasteiger charge is -2.09. The van der Waals surface area contributed by atoms with Crippen LogP contribution in [0.3, 0.4) is 0 Å². The van der Waals surface area contributed by atoms with Gasteiger partial charge >= 0.3 is 0 Å². The highest BCUT2D eigenvalue weighted by atomic mass is 35.5. The molecule has 0 aliphatic carbocycles. The maximum atomic E-state index is 5.88. The number of nitrogens with zero attached hydrogens (tertiary/aromatic N) is 3. The lowest BCUT2D eigenvalue weighted by Crippen LogP contribution is -2.06. The molecule has 0 saturated carbocycles. The molecule has 17 heavy (non-hydrogen) atoms. The van der Waals surface area contributed by atoms with Crippen molar-refractivity contribution in [3.8, 4) is 0 Å². The number of hydrogen-bond donors (Lipinski definition) is 1. The van der Waals surface area contributed by atoms with Crippen molar-refractivity contribution >= 4 is 17.3 Å².